The summed E-state index contributed by atoms with van der Waals surface area (Å²) in [5, 5.41) is 3.32. The van der Waals surface area contributed by atoms with Gasteiger partial charge in [0, 0.05) is 10.2 Å². The number of nitrogens with zero attached hydrogens (tertiary/aromatic N) is 1. The SMILES string of the molecule is Cc1nc(C)c(C(C)Nc2ccccc2Br)c(=O)[nH]1. The summed E-state index contributed by atoms with van der Waals surface area (Å²) < 4.78 is 0.969. The van der Waals surface area contributed by atoms with E-state index >= 15 is 0 Å². The Balaban J connectivity index is 2.33. The molecule has 0 bridgehead atoms. The van der Waals surface area contributed by atoms with Crippen LogP contribution in [0.2, 0.25) is 0 Å². The van der Waals surface area contributed by atoms with Gasteiger partial charge < -0.3 is 10.3 Å². The van der Waals surface area contributed by atoms with Gasteiger partial charge in [-0.2, -0.15) is 0 Å². The Labute approximate surface area is 120 Å². The third kappa shape index (κ3) is 3.04. The number of aromatic nitrogens is 2. The molecule has 2 aromatic rings. The molecule has 0 aliphatic rings. The molecule has 1 heterocycles. The number of para-hydroxylation sites is 1. The summed E-state index contributed by atoms with van der Waals surface area (Å²) in [6.07, 6.45) is 0. The Morgan fingerprint density at radius 1 is 1.32 bits per heavy atom. The maximum atomic E-state index is 12.0. The maximum absolute atomic E-state index is 12.0. The van der Waals surface area contributed by atoms with Crippen molar-refractivity contribution in [3.63, 3.8) is 0 Å². The van der Waals surface area contributed by atoms with Crippen LogP contribution in [-0.4, -0.2) is 9.97 Å². The Morgan fingerprint density at radius 2 is 2.00 bits per heavy atom. The van der Waals surface area contributed by atoms with Crippen molar-refractivity contribution in [3.05, 3.63) is 56.2 Å². The fourth-order valence-corrected chi connectivity index (χ4v) is 2.53. The molecule has 4 nitrogen and oxygen atoms in total. The lowest BCUT2D eigenvalue weighted by Crippen LogP contribution is -2.23. The Hall–Kier alpha value is -1.62. The van der Waals surface area contributed by atoms with Gasteiger partial charge >= 0.3 is 0 Å². The van der Waals surface area contributed by atoms with Crippen molar-refractivity contribution >= 4 is 21.6 Å². The van der Waals surface area contributed by atoms with Gasteiger partial charge in [0.05, 0.1) is 17.3 Å². The largest absolute Gasteiger partial charge is 0.377 e. The van der Waals surface area contributed by atoms with Crippen molar-refractivity contribution < 1.29 is 0 Å². The first-order valence-electron chi connectivity index (χ1n) is 6.07. The third-order valence-electron chi connectivity index (χ3n) is 2.94. The molecule has 5 heteroatoms. The zero-order chi connectivity index (χ0) is 14.0. The molecule has 0 fully saturated rings. The molecule has 0 amide bonds. The second kappa shape index (κ2) is 5.57. The molecule has 2 N–H and O–H groups in total. The highest BCUT2D eigenvalue weighted by Gasteiger charge is 2.15. The number of anilines is 1. The molecule has 0 aliphatic heterocycles. The van der Waals surface area contributed by atoms with Crippen LogP contribution in [0.15, 0.2) is 33.5 Å². The topological polar surface area (TPSA) is 57.8 Å². The number of benzene rings is 1. The van der Waals surface area contributed by atoms with Crippen LogP contribution in [-0.2, 0) is 0 Å². The normalized spacial score (nSPS) is 12.2. The molecule has 1 unspecified atom stereocenters. The van der Waals surface area contributed by atoms with Gasteiger partial charge in [0.1, 0.15) is 5.82 Å². The number of rotatable bonds is 3. The predicted octanol–water partition coefficient (Wildman–Crippen LogP) is 3.32. The van der Waals surface area contributed by atoms with Crippen LogP contribution in [0.25, 0.3) is 0 Å². The van der Waals surface area contributed by atoms with Gasteiger partial charge in [-0.25, -0.2) is 4.98 Å². The highest BCUT2D eigenvalue weighted by Crippen LogP contribution is 2.25. The van der Waals surface area contributed by atoms with E-state index in [1.54, 1.807) is 6.92 Å². The van der Waals surface area contributed by atoms with E-state index in [-0.39, 0.29) is 11.6 Å². The molecule has 2 rings (SSSR count). The van der Waals surface area contributed by atoms with Crippen molar-refractivity contribution in [2.75, 3.05) is 5.32 Å². The summed E-state index contributed by atoms with van der Waals surface area (Å²) in [6, 6.07) is 7.71. The molecule has 0 saturated carbocycles. The highest BCUT2D eigenvalue weighted by atomic mass is 79.9. The van der Waals surface area contributed by atoms with E-state index < -0.39 is 0 Å². The van der Waals surface area contributed by atoms with Crippen LogP contribution < -0.4 is 10.9 Å². The third-order valence-corrected chi connectivity index (χ3v) is 3.63. The molecule has 0 aliphatic carbocycles. The lowest BCUT2D eigenvalue weighted by Gasteiger charge is -2.17. The Bertz CT molecular complexity index is 651. The standard InChI is InChI=1S/C14H16BrN3O/c1-8-13(14(19)18-10(3)16-8)9(2)17-12-7-5-4-6-11(12)15/h4-7,9,17H,1-3H3,(H,16,18,19). The average molecular weight is 322 g/mol. The van der Waals surface area contributed by atoms with Gasteiger partial charge in [-0.3, -0.25) is 4.79 Å². The van der Waals surface area contributed by atoms with Crippen molar-refractivity contribution in [1.82, 2.24) is 9.97 Å². The Morgan fingerprint density at radius 3 is 2.63 bits per heavy atom. The molecule has 1 aromatic heterocycles. The van der Waals surface area contributed by atoms with E-state index in [9.17, 15) is 4.79 Å². The zero-order valence-electron chi connectivity index (χ0n) is 11.1. The average Bonchev–Trinajstić information content (AvgIpc) is 2.30. The summed E-state index contributed by atoms with van der Waals surface area (Å²) in [5.41, 5.74) is 2.29. The van der Waals surface area contributed by atoms with Crippen molar-refractivity contribution in [2.45, 2.75) is 26.8 Å². The molecular formula is C14H16BrN3O. The summed E-state index contributed by atoms with van der Waals surface area (Å²) >= 11 is 3.48. The summed E-state index contributed by atoms with van der Waals surface area (Å²) in [5.74, 6) is 0.638. The van der Waals surface area contributed by atoms with Gasteiger partial charge in [0.2, 0.25) is 0 Å². The number of hydrogen-bond donors (Lipinski definition) is 2. The van der Waals surface area contributed by atoms with E-state index in [0.29, 0.717) is 11.4 Å². The van der Waals surface area contributed by atoms with Crippen molar-refractivity contribution in [3.8, 4) is 0 Å². The monoisotopic (exact) mass is 321 g/mol. The number of aromatic amines is 1. The quantitative estimate of drug-likeness (QED) is 0.911. The molecular weight excluding hydrogens is 306 g/mol. The lowest BCUT2D eigenvalue weighted by atomic mass is 10.1. The van der Waals surface area contributed by atoms with E-state index in [4.69, 9.17) is 0 Å². The van der Waals surface area contributed by atoms with Crippen molar-refractivity contribution in [2.24, 2.45) is 0 Å². The van der Waals surface area contributed by atoms with Gasteiger partial charge in [-0.1, -0.05) is 12.1 Å². The van der Waals surface area contributed by atoms with E-state index in [0.717, 1.165) is 15.9 Å². The van der Waals surface area contributed by atoms with E-state index in [1.165, 1.54) is 0 Å². The number of H-pyrrole nitrogens is 1. The van der Waals surface area contributed by atoms with Gasteiger partial charge in [0.15, 0.2) is 0 Å². The van der Waals surface area contributed by atoms with Gasteiger partial charge in [0.25, 0.3) is 5.56 Å². The molecule has 1 aromatic carbocycles. The summed E-state index contributed by atoms with van der Waals surface area (Å²) in [4.78, 5) is 19.1. The van der Waals surface area contributed by atoms with Crippen LogP contribution >= 0.6 is 15.9 Å². The predicted molar refractivity (Wildman–Crippen MR) is 80.5 cm³/mol. The minimum Gasteiger partial charge on any atom is -0.377 e. The molecule has 0 spiro atoms. The van der Waals surface area contributed by atoms with Crippen LogP contribution in [0.4, 0.5) is 5.69 Å². The lowest BCUT2D eigenvalue weighted by molar-refractivity contribution is 0.813. The second-order valence-electron chi connectivity index (χ2n) is 4.50. The molecule has 1 atom stereocenters. The number of halogens is 1. The van der Waals surface area contributed by atoms with Gasteiger partial charge in [-0.15, -0.1) is 0 Å². The van der Waals surface area contributed by atoms with Crippen LogP contribution in [0.3, 0.4) is 0 Å². The van der Waals surface area contributed by atoms with Crippen LogP contribution in [0.5, 0.6) is 0 Å². The summed E-state index contributed by atoms with van der Waals surface area (Å²) in [7, 11) is 0. The van der Waals surface area contributed by atoms with Crippen molar-refractivity contribution in [1.29, 1.82) is 0 Å². The number of aryl methyl sites for hydroxylation is 2. The maximum Gasteiger partial charge on any atom is 0.256 e. The zero-order valence-corrected chi connectivity index (χ0v) is 12.7. The van der Waals surface area contributed by atoms with Crippen LogP contribution in [0, 0.1) is 13.8 Å². The van der Waals surface area contributed by atoms with Gasteiger partial charge in [-0.05, 0) is 48.8 Å². The van der Waals surface area contributed by atoms with E-state index in [2.05, 4.69) is 31.2 Å². The summed E-state index contributed by atoms with van der Waals surface area (Å²) in [6.45, 7) is 5.59. The van der Waals surface area contributed by atoms with Crippen LogP contribution in [0.1, 0.15) is 30.0 Å². The number of nitrogens with one attached hydrogen (secondary N) is 2. The fourth-order valence-electron chi connectivity index (χ4n) is 2.13. The first-order valence-corrected chi connectivity index (χ1v) is 6.87. The second-order valence-corrected chi connectivity index (χ2v) is 5.35. The molecule has 0 saturated heterocycles. The minimum atomic E-state index is -0.115. The first kappa shape index (κ1) is 13.8. The van der Waals surface area contributed by atoms with E-state index in [1.807, 2.05) is 38.1 Å². The highest BCUT2D eigenvalue weighted by molar-refractivity contribution is 9.10. The number of hydrogen-bond acceptors (Lipinski definition) is 3. The molecule has 0 radical (unpaired) electrons. The minimum absolute atomic E-state index is 0.0861. The molecule has 19 heavy (non-hydrogen) atoms. The fraction of sp³-hybridized carbons (Fsp3) is 0.286. The first-order chi connectivity index (χ1) is 8.99. The molecule has 100 valence electrons. The smallest absolute Gasteiger partial charge is 0.256 e. The Kier molecular flexibility index (Phi) is 4.04.